The lowest BCUT2D eigenvalue weighted by atomic mass is 10.1. The third-order valence-electron chi connectivity index (χ3n) is 1.56. The molecule has 0 fully saturated rings. The largest absolute Gasteiger partial charge is 0.352 e. The minimum Gasteiger partial charge on any atom is -0.352 e. The van der Waals surface area contributed by atoms with Gasteiger partial charge in [-0.25, -0.2) is 0 Å². The van der Waals surface area contributed by atoms with Crippen LogP contribution in [-0.4, -0.2) is 24.0 Å². The Bertz CT molecular complexity index is 139. The van der Waals surface area contributed by atoms with E-state index >= 15 is 0 Å². The first kappa shape index (κ1) is 12.2. The molecule has 0 radical (unpaired) electrons. The van der Waals surface area contributed by atoms with Gasteiger partial charge in [-0.15, -0.1) is 0 Å². The van der Waals surface area contributed by atoms with Crippen molar-refractivity contribution in [2.24, 2.45) is 5.92 Å². The molecule has 0 aromatic heterocycles. The molecule has 0 aliphatic heterocycles. The molecular formula is C8H17NOS2. The summed E-state index contributed by atoms with van der Waals surface area (Å²) in [4.78, 5) is 10.8. The summed E-state index contributed by atoms with van der Waals surface area (Å²) in [5.41, 5.74) is 0. The zero-order chi connectivity index (χ0) is 9.56. The number of nitrogens with one attached hydrogen (secondary N) is 1. The van der Waals surface area contributed by atoms with E-state index in [1.807, 2.05) is 0 Å². The Morgan fingerprint density at radius 3 is 2.42 bits per heavy atom. The van der Waals surface area contributed by atoms with Gasteiger partial charge in [0.05, 0.1) is 0 Å². The Hall–Kier alpha value is 0.170. The van der Waals surface area contributed by atoms with Crippen molar-refractivity contribution in [3.05, 3.63) is 0 Å². The van der Waals surface area contributed by atoms with Crippen LogP contribution >= 0.6 is 21.6 Å². The van der Waals surface area contributed by atoms with Crippen molar-refractivity contribution >= 4 is 27.5 Å². The van der Waals surface area contributed by atoms with Gasteiger partial charge >= 0.3 is 0 Å². The van der Waals surface area contributed by atoms with Gasteiger partial charge in [-0.05, 0) is 12.2 Å². The summed E-state index contributed by atoms with van der Waals surface area (Å²) in [6, 6.07) is 0.306. The van der Waals surface area contributed by atoms with Crippen LogP contribution in [0.3, 0.4) is 0 Å². The number of carbonyl (C=O) groups is 1. The first-order valence-electron chi connectivity index (χ1n) is 4.00. The molecule has 72 valence electrons. The Morgan fingerprint density at radius 1 is 1.50 bits per heavy atom. The monoisotopic (exact) mass is 207 g/mol. The second kappa shape index (κ2) is 6.66. The van der Waals surface area contributed by atoms with E-state index in [2.05, 4.69) is 25.4 Å². The number of amides is 1. The van der Waals surface area contributed by atoms with Crippen LogP contribution in [0.4, 0.5) is 0 Å². The molecule has 1 amide bonds. The highest BCUT2D eigenvalue weighted by Gasteiger charge is 2.13. The first-order valence-corrected chi connectivity index (χ1v) is 6.73. The molecular weight excluding hydrogens is 190 g/mol. The van der Waals surface area contributed by atoms with Crippen molar-refractivity contribution in [3.8, 4) is 0 Å². The number of carbonyl (C=O) groups excluding carboxylic acids is 1. The first-order chi connectivity index (χ1) is 5.57. The molecule has 0 saturated heterocycles. The van der Waals surface area contributed by atoms with Crippen LogP contribution < -0.4 is 5.32 Å². The normalized spacial score (nSPS) is 13.1. The Kier molecular flexibility index (Phi) is 6.76. The fourth-order valence-electron chi connectivity index (χ4n) is 0.803. The molecule has 1 N–H and O–H groups in total. The maximum Gasteiger partial charge on any atom is 0.217 e. The SMILES string of the molecule is CSSCC(NC(C)=O)C(C)C. The fourth-order valence-corrected chi connectivity index (χ4v) is 2.40. The topological polar surface area (TPSA) is 29.1 Å². The molecule has 0 aromatic carbocycles. The highest BCUT2D eigenvalue weighted by atomic mass is 33.1. The summed E-state index contributed by atoms with van der Waals surface area (Å²) < 4.78 is 0. The van der Waals surface area contributed by atoms with E-state index in [1.165, 1.54) is 0 Å². The summed E-state index contributed by atoms with van der Waals surface area (Å²) in [6.45, 7) is 5.82. The van der Waals surface area contributed by atoms with Crippen molar-refractivity contribution in [2.45, 2.75) is 26.8 Å². The highest BCUT2D eigenvalue weighted by Crippen LogP contribution is 2.20. The molecule has 0 aliphatic rings. The summed E-state index contributed by atoms with van der Waals surface area (Å²) in [5, 5.41) is 2.94. The van der Waals surface area contributed by atoms with Gasteiger partial charge in [-0.2, -0.15) is 0 Å². The average molecular weight is 207 g/mol. The molecule has 0 spiro atoms. The molecule has 12 heavy (non-hydrogen) atoms. The van der Waals surface area contributed by atoms with Crippen LogP contribution in [0.15, 0.2) is 0 Å². The zero-order valence-corrected chi connectivity index (χ0v) is 9.72. The van der Waals surface area contributed by atoms with Gasteiger partial charge in [0.25, 0.3) is 0 Å². The smallest absolute Gasteiger partial charge is 0.217 e. The van der Waals surface area contributed by atoms with Crippen molar-refractivity contribution in [1.82, 2.24) is 5.32 Å². The number of rotatable bonds is 5. The standard InChI is InChI=1S/C8H17NOS2/c1-6(2)8(5-12-11-4)9-7(3)10/h6,8H,5H2,1-4H3,(H,9,10). The molecule has 0 aliphatic carbocycles. The van der Waals surface area contributed by atoms with Gasteiger partial charge in [0.15, 0.2) is 0 Å². The number of hydrogen-bond acceptors (Lipinski definition) is 3. The van der Waals surface area contributed by atoms with Gasteiger partial charge in [0.2, 0.25) is 5.91 Å². The predicted molar refractivity (Wildman–Crippen MR) is 58.4 cm³/mol. The van der Waals surface area contributed by atoms with Crippen molar-refractivity contribution in [1.29, 1.82) is 0 Å². The van der Waals surface area contributed by atoms with Crippen molar-refractivity contribution < 1.29 is 4.79 Å². The summed E-state index contributed by atoms with van der Waals surface area (Å²) in [5.74, 6) is 1.56. The molecule has 1 unspecified atom stereocenters. The van der Waals surface area contributed by atoms with Crippen LogP contribution in [0.5, 0.6) is 0 Å². The molecule has 0 bridgehead atoms. The predicted octanol–water partition coefficient (Wildman–Crippen LogP) is 2.16. The molecule has 0 rings (SSSR count). The van der Waals surface area contributed by atoms with Gasteiger partial charge in [0.1, 0.15) is 0 Å². The minimum absolute atomic E-state index is 0.0652. The summed E-state index contributed by atoms with van der Waals surface area (Å²) >= 11 is 0. The van der Waals surface area contributed by atoms with E-state index < -0.39 is 0 Å². The Labute approximate surface area is 82.7 Å². The lowest BCUT2D eigenvalue weighted by molar-refractivity contribution is -0.119. The number of hydrogen-bond donors (Lipinski definition) is 1. The fraction of sp³-hybridized carbons (Fsp3) is 0.875. The minimum atomic E-state index is 0.0652. The van der Waals surface area contributed by atoms with Crippen LogP contribution in [0.1, 0.15) is 20.8 Å². The summed E-state index contributed by atoms with van der Waals surface area (Å²) in [7, 11) is 3.53. The van der Waals surface area contributed by atoms with Crippen LogP contribution in [0, 0.1) is 5.92 Å². The lowest BCUT2D eigenvalue weighted by Gasteiger charge is -2.20. The van der Waals surface area contributed by atoms with Crippen LogP contribution in [-0.2, 0) is 4.79 Å². The maximum absolute atomic E-state index is 10.8. The van der Waals surface area contributed by atoms with Gasteiger partial charge < -0.3 is 5.32 Å². The van der Waals surface area contributed by atoms with E-state index in [0.717, 1.165) is 5.75 Å². The van der Waals surface area contributed by atoms with Crippen molar-refractivity contribution in [3.63, 3.8) is 0 Å². The Balaban J connectivity index is 3.78. The third kappa shape index (κ3) is 5.77. The molecule has 4 heteroatoms. The Morgan fingerprint density at radius 2 is 2.08 bits per heavy atom. The van der Waals surface area contributed by atoms with Crippen LogP contribution in [0.25, 0.3) is 0 Å². The zero-order valence-electron chi connectivity index (χ0n) is 8.09. The van der Waals surface area contributed by atoms with Gasteiger partial charge in [-0.1, -0.05) is 35.4 Å². The third-order valence-corrected chi connectivity index (χ3v) is 3.41. The van der Waals surface area contributed by atoms with Gasteiger partial charge in [-0.3, -0.25) is 4.79 Å². The summed E-state index contributed by atoms with van der Waals surface area (Å²) in [6.07, 6.45) is 2.05. The second-order valence-corrected chi connectivity index (χ2v) is 5.61. The molecule has 0 aromatic rings. The van der Waals surface area contributed by atoms with E-state index in [1.54, 1.807) is 28.5 Å². The molecule has 2 nitrogen and oxygen atoms in total. The van der Waals surface area contributed by atoms with Gasteiger partial charge in [0, 0.05) is 18.7 Å². The van der Waals surface area contributed by atoms with E-state index in [4.69, 9.17) is 0 Å². The second-order valence-electron chi connectivity index (χ2n) is 3.00. The average Bonchev–Trinajstić information content (AvgIpc) is 1.96. The van der Waals surface area contributed by atoms with E-state index in [9.17, 15) is 4.79 Å². The lowest BCUT2D eigenvalue weighted by Crippen LogP contribution is -2.38. The maximum atomic E-state index is 10.8. The molecule has 0 heterocycles. The quantitative estimate of drug-likeness (QED) is 0.700. The molecule has 0 saturated carbocycles. The molecule has 1 atom stereocenters. The highest BCUT2D eigenvalue weighted by molar-refractivity contribution is 8.76. The van der Waals surface area contributed by atoms with E-state index in [0.29, 0.717) is 12.0 Å². The van der Waals surface area contributed by atoms with Crippen LogP contribution in [0.2, 0.25) is 0 Å². The van der Waals surface area contributed by atoms with Crippen molar-refractivity contribution in [2.75, 3.05) is 12.0 Å². The van der Waals surface area contributed by atoms with E-state index in [-0.39, 0.29) is 5.91 Å².